The molecule has 2 heteroatoms. The van der Waals surface area contributed by atoms with Crippen LogP contribution in [0.2, 0.25) is 0 Å². The lowest BCUT2D eigenvalue weighted by Gasteiger charge is -2.07. The predicted molar refractivity (Wildman–Crippen MR) is 62.2 cm³/mol. The van der Waals surface area contributed by atoms with Crippen LogP contribution >= 0.6 is 15.9 Å². The number of benzene rings is 1. The molecule has 0 saturated carbocycles. The van der Waals surface area contributed by atoms with Crippen molar-refractivity contribution in [3.63, 3.8) is 0 Å². The minimum Gasteiger partial charge on any atom is -0.384 e. The quantitative estimate of drug-likeness (QED) is 0.624. The Bertz CT molecular complexity index is 294. The van der Waals surface area contributed by atoms with Crippen LogP contribution in [0, 0.1) is 6.92 Å². The average molecular weight is 240 g/mol. The Hall–Kier alpha value is -0.760. The number of anilines is 1. The summed E-state index contributed by atoms with van der Waals surface area (Å²) >= 11 is 3.49. The molecule has 70 valence electrons. The molecule has 0 radical (unpaired) electrons. The van der Waals surface area contributed by atoms with Crippen LogP contribution in [-0.4, -0.2) is 6.54 Å². The summed E-state index contributed by atoms with van der Waals surface area (Å²) in [5.74, 6) is 0. The minimum atomic E-state index is 0.936. The molecule has 1 nitrogen and oxygen atoms in total. The second-order valence-corrected chi connectivity index (χ2v) is 3.84. The van der Waals surface area contributed by atoms with E-state index in [9.17, 15) is 0 Å². The standard InChI is InChI=1S/C11H14BrN/c1-3-4-7-13-11-8-9(2)5-6-10(11)12/h3,5-6,8,13H,1,4,7H2,2H3. The lowest BCUT2D eigenvalue weighted by molar-refractivity contribution is 1.07. The van der Waals surface area contributed by atoms with Crippen molar-refractivity contribution in [3.05, 3.63) is 40.9 Å². The number of hydrogen-bond donors (Lipinski definition) is 1. The van der Waals surface area contributed by atoms with Gasteiger partial charge in [-0.05, 0) is 47.0 Å². The van der Waals surface area contributed by atoms with E-state index in [2.05, 4.69) is 52.9 Å². The summed E-state index contributed by atoms with van der Waals surface area (Å²) < 4.78 is 1.11. The van der Waals surface area contributed by atoms with Crippen molar-refractivity contribution < 1.29 is 0 Å². The first-order valence-corrected chi connectivity index (χ1v) is 5.14. The maximum absolute atomic E-state index is 3.68. The molecule has 0 aliphatic rings. The molecular weight excluding hydrogens is 226 g/mol. The average Bonchev–Trinajstić information content (AvgIpc) is 2.11. The lowest BCUT2D eigenvalue weighted by Crippen LogP contribution is -2.00. The second-order valence-electron chi connectivity index (χ2n) is 2.99. The Kier molecular flexibility index (Phi) is 4.03. The number of rotatable bonds is 4. The van der Waals surface area contributed by atoms with Gasteiger partial charge < -0.3 is 5.32 Å². The molecule has 0 aromatic heterocycles. The zero-order valence-corrected chi connectivity index (χ0v) is 9.39. The first-order valence-electron chi connectivity index (χ1n) is 4.35. The highest BCUT2D eigenvalue weighted by Gasteiger charge is 1.97. The fourth-order valence-electron chi connectivity index (χ4n) is 1.08. The van der Waals surface area contributed by atoms with Crippen molar-refractivity contribution in [1.82, 2.24) is 0 Å². The van der Waals surface area contributed by atoms with E-state index in [0.717, 1.165) is 23.1 Å². The van der Waals surface area contributed by atoms with Crippen LogP contribution in [0.25, 0.3) is 0 Å². The third-order valence-electron chi connectivity index (χ3n) is 1.79. The number of aryl methyl sites for hydroxylation is 1. The Labute approximate surface area is 88.0 Å². The van der Waals surface area contributed by atoms with Crippen LogP contribution < -0.4 is 5.32 Å². The van der Waals surface area contributed by atoms with Crippen molar-refractivity contribution >= 4 is 21.6 Å². The van der Waals surface area contributed by atoms with Gasteiger partial charge in [0.05, 0.1) is 0 Å². The summed E-state index contributed by atoms with van der Waals surface area (Å²) in [4.78, 5) is 0. The maximum atomic E-state index is 3.68. The molecule has 1 N–H and O–H groups in total. The summed E-state index contributed by atoms with van der Waals surface area (Å²) in [6, 6.07) is 6.28. The molecule has 13 heavy (non-hydrogen) atoms. The normalized spacial score (nSPS) is 9.69. The molecule has 0 atom stereocenters. The van der Waals surface area contributed by atoms with E-state index >= 15 is 0 Å². The first kappa shape index (κ1) is 10.3. The molecule has 0 spiro atoms. The third-order valence-corrected chi connectivity index (χ3v) is 2.48. The van der Waals surface area contributed by atoms with Crippen molar-refractivity contribution in [2.24, 2.45) is 0 Å². The van der Waals surface area contributed by atoms with E-state index in [0.29, 0.717) is 0 Å². The second kappa shape index (κ2) is 5.07. The lowest BCUT2D eigenvalue weighted by atomic mass is 10.2. The molecule has 1 aromatic rings. The van der Waals surface area contributed by atoms with Crippen LogP contribution in [0.3, 0.4) is 0 Å². The van der Waals surface area contributed by atoms with Gasteiger partial charge in [0.15, 0.2) is 0 Å². The molecule has 0 amide bonds. The summed E-state index contributed by atoms with van der Waals surface area (Å²) in [5, 5.41) is 3.34. The summed E-state index contributed by atoms with van der Waals surface area (Å²) in [5.41, 5.74) is 2.42. The molecule has 0 saturated heterocycles. The Morgan fingerprint density at radius 1 is 1.54 bits per heavy atom. The molecule has 0 bridgehead atoms. The van der Waals surface area contributed by atoms with Crippen LogP contribution in [0.4, 0.5) is 5.69 Å². The molecule has 1 aromatic carbocycles. The topological polar surface area (TPSA) is 12.0 Å². The van der Waals surface area contributed by atoms with Gasteiger partial charge in [0.25, 0.3) is 0 Å². The van der Waals surface area contributed by atoms with Crippen molar-refractivity contribution in [2.45, 2.75) is 13.3 Å². The smallest absolute Gasteiger partial charge is 0.0487 e. The van der Waals surface area contributed by atoms with E-state index in [-0.39, 0.29) is 0 Å². The summed E-state index contributed by atoms with van der Waals surface area (Å²) in [6.07, 6.45) is 2.90. The van der Waals surface area contributed by atoms with Gasteiger partial charge >= 0.3 is 0 Å². The van der Waals surface area contributed by atoms with E-state index < -0.39 is 0 Å². The van der Waals surface area contributed by atoms with Crippen molar-refractivity contribution in [1.29, 1.82) is 0 Å². The van der Waals surface area contributed by atoms with Crippen molar-refractivity contribution in [2.75, 3.05) is 11.9 Å². The van der Waals surface area contributed by atoms with Crippen LogP contribution in [-0.2, 0) is 0 Å². The van der Waals surface area contributed by atoms with Gasteiger partial charge in [-0.2, -0.15) is 0 Å². The summed E-state index contributed by atoms with van der Waals surface area (Å²) in [6.45, 7) is 6.70. The molecule has 0 aliphatic heterocycles. The van der Waals surface area contributed by atoms with Gasteiger partial charge in [-0.1, -0.05) is 12.1 Å². The molecule has 0 aliphatic carbocycles. The zero-order valence-electron chi connectivity index (χ0n) is 7.81. The highest BCUT2D eigenvalue weighted by molar-refractivity contribution is 9.10. The van der Waals surface area contributed by atoms with Crippen molar-refractivity contribution in [3.8, 4) is 0 Å². The molecule has 0 heterocycles. The Balaban J connectivity index is 2.64. The van der Waals surface area contributed by atoms with E-state index in [1.165, 1.54) is 5.56 Å². The zero-order chi connectivity index (χ0) is 9.68. The van der Waals surface area contributed by atoms with Gasteiger partial charge in [0.2, 0.25) is 0 Å². The summed E-state index contributed by atoms with van der Waals surface area (Å²) in [7, 11) is 0. The Morgan fingerprint density at radius 2 is 2.31 bits per heavy atom. The number of nitrogens with one attached hydrogen (secondary N) is 1. The number of halogens is 1. The largest absolute Gasteiger partial charge is 0.384 e. The van der Waals surface area contributed by atoms with Gasteiger partial charge in [0, 0.05) is 16.7 Å². The highest BCUT2D eigenvalue weighted by atomic mass is 79.9. The molecule has 1 rings (SSSR count). The van der Waals surface area contributed by atoms with Gasteiger partial charge in [-0.15, -0.1) is 6.58 Å². The highest BCUT2D eigenvalue weighted by Crippen LogP contribution is 2.23. The van der Waals surface area contributed by atoms with E-state index in [1.807, 2.05) is 6.08 Å². The molecule has 0 fully saturated rings. The molecule has 0 unspecified atom stereocenters. The fourth-order valence-corrected chi connectivity index (χ4v) is 1.47. The van der Waals surface area contributed by atoms with E-state index in [1.54, 1.807) is 0 Å². The predicted octanol–water partition coefficient (Wildman–Crippen LogP) is 3.75. The van der Waals surface area contributed by atoms with Gasteiger partial charge in [0.1, 0.15) is 0 Å². The Morgan fingerprint density at radius 3 is 3.00 bits per heavy atom. The fraction of sp³-hybridized carbons (Fsp3) is 0.273. The van der Waals surface area contributed by atoms with Gasteiger partial charge in [-0.3, -0.25) is 0 Å². The number of hydrogen-bond acceptors (Lipinski definition) is 1. The van der Waals surface area contributed by atoms with Gasteiger partial charge in [-0.25, -0.2) is 0 Å². The minimum absolute atomic E-state index is 0.936. The molecular formula is C11H14BrN. The first-order chi connectivity index (χ1) is 6.24. The van der Waals surface area contributed by atoms with E-state index in [4.69, 9.17) is 0 Å². The van der Waals surface area contributed by atoms with Crippen LogP contribution in [0.5, 0.6) is 0 Å². The maximum Gasteiger partial charge on any atom is 0.0487 e. The third kappa shape index (κ3) is 3.23. The van der Waals surface area contributed by atoms with Crippen LogP contribution in [0.1, 0.15) is 12.0 Å². The van der Waals surface area contributed by atoms with Crippen LogP contribution in [0.15, 0.2) is 35.3 Å². The SMILES string of the molecule is C=CCCNc1cc(C)ccc1Br. The monoisotopic (exact) mass is 239 g/mol.